The molecule has 68 valence electrons. The van der Waals surface area contributed by atoms with Gasteiger partial charge in [-0.05, 0) is 12.1 Å². The van der Waals surface area contributed by atoms with Crippen LogP contribution in [0.3, 0.4) is 0 Å². The molecule has 0 aliphatic rings. The summed E-state index contributed by atoms with van der Waals surface area (Å²) in [6, 6.07) is 10.1. The second-order valence-corrected chi connectivity index (χ2v) is 3.26. The standard InChI is InChI=1S/C8H9S.2Pt/c1-9(2)8-6-4-3-5-7-8;;/h3-7H,1-2H2;;/q-1;;. The Morgan fingerprint density at radius 1 is 0.909 bits per heavy atom. The van der Waals surface area contributed by atoms with E-state index in [2.05, 4.69) is 12.5 Å². The predicted molar refractivity (Wildman–Crippen MR) is 42.8 cm³/mol. The Labute approximate surface area is 100 Å². The molecular weight excluding hydrogens is 518 g/mol. The molecule has 0 aromatic heterocycles. The average molecular weight is 527 g/mol. The monoisotopic (exact) mass is 527 g/mol. The fourth-order valence-electron chi connectivity index (χ4n) is 0.613. The molecular formula is C8H9Pt2S-. The summed E-state index contributed by atoms with van der Waals surface area (Å²) in [5, 5.41) is 0. The van der Waals surface area contributed by atoms with E-state index in [-0.39, 0.29) is 53.0 Å². The minimum Gasteiger partial charge on any atom is -0.295 e. The van der Waals surface area contributed by atoms with Crippen molar-refractivity contribution in [3.8, 4) is 0 Å². The van der Waals surface area contributed by atoms with Gasteiger partial charge < -0.3 is 0 Å². The molecule has 0 aliphatic carbocycles. The van der Waals surface area contributed by atoms with E-state index in [4.69, 9.17) is 0 Å². The topological polar surface area (TPSA) is 0 Å². The summed E-state index contributed by atoms with van der Waals surface area (Å²) in [4.78, 5) is 1.22. The van der Waals surface area contributed by atoms with Crippen molar-refractivity contribution in [3.63, 3.8) is 0 Å². The fraction of sp³-hybridized carbons (Fsp3) is 0. The van der Waals surface area contributed by atoms with E-state index in [1.54, 1.807) is 0 Å². The molecule has 0 fully saturated rings. The maximum atomic E-state index is 3.83. The molecule has 0 atom stereocenters. The van der Waals surface area contributed by atoms with Crippen molar-refractivity contribution in [2.24, 2.45) is 0 Å². The van der Waals surface area contributed by atoms with E-state index in [1.165, 1.54) is 4.90 Å². The molecule has 0 heterocycles. The molecule has 0 nitrogen and oxygen atoms in total. The van der Waals surface area contributed by atoms with Crippen molar-refractivity contribution in [2.45, 2.75) is 4.90 Å². The SMILES string of the molecule is [CH2-][S+]([CH2-])c1ccccc1.[Pt].[Pt]. The molecule has 3 heteroatoms. The molecule has 0 amide bonds. The van der Waals surface area contributed by atoms with Gasteiger partial charge in [0.2, 0.25) is 0 Å². The van der Waals surface area contributed by atoms with Crippen molar-refractivity contribution < 1.29 is 42.1 Å². The molecule has 1 rings (SSSR count). The van der Waals surface area contributed by atoms with Gasteiger partial charge in [0.25, 0.3) is 0 Å². The summed E-state index contributed by atoms with van der Waals surface area (Å²) in [6.45, 7) is 0. The van der Waals surface area contributed by atoms with Gasteiger partial charge in [0.15, 0.2) is 0 Å². The average Bonchev–Trinajstić information content (AvgIpc) is 1.90. The first-order valence-corrected chi connectivity index (χ1v) is 4.26. The molecule has 0 aliphatic heterocycles. The predicted octanol–water partition coefficient (Wildman–Crippen LogP) is 2.24. The van der Waals surface area contributed by atoms with Crippen LogP contribution in [0, 0.1) is 12.5 Å². The quantitative estimate of drug-likeness (QED) is 0.389. The molecule has 11 heavy (non-hydrogen) atoms. The molecule has 1 aromatic rings. The Morgan fingerprint density at radius 2 is 1.36 bits per heavy atom. The van der Waals surface area contributed by atoms with Gasteiger partial charge in [-0.3, -0.25) is 10.9 Å². The molecule has 0 spiro atoms. The van der Waals surface area contributed by atoms with Crippen LogP contribution in [-0.2, 0) is 53.0 Å². The molecule has 0 saturated heterocycles. The fourth-order valence-corrected chi connectivity index (χ4v) is 1.15. The molecule has 1 aromatic carbocycles. The van der Waals surface area contributed by atoms with Gasteiger partial charge in [0.05, 0.1) is 4.90 Å². The van der Waals surface area contributed by atoms with Gasteiger partial charge in [-0.1, -0.05) is 18.2 Å². The summed E-state index contributed by atoms with van der Waals surface area (Å²) in [6.07, 6.45) is 7.65. The van der Waals surface area contributed by atoms with E-state index in [0.717, 1.165) is 0 Å². The summed E-state index contributed by atoms with van der Waals surface area (Å²) >= 11 is 0. The third-order valence-corrected chi connectivity index (χ3v) is 2.02. The summed E-state index contributed by atoms with van der Waals surface area (Å²) < 4.78 is 0. The van der Waals surface area contributed by atoms with Gasteiger partial charge >= 0.3 is 0 Å². The Bertz CT molecular complexity index is 175. The van der Waals surface area contributed by atoms with Crippen LogP contribution in [-0.4, -0.2) is 0 Å². The second-order valence-electron chi connectivity index (χ2n) is 1.81. The van der Waals surface area contributed by atoms with Crippen molar-refractivity contribution >= 4 is 10.9 Å². The van der Waals surface area contributed by atoms with Gasteiger partial charge in [-0.2, -0.15) is 0 Å². The zero-order chi connectivity index (χ0) is 6.69. The second kappa shape index (κ2) is 7.59. The largest absolute Gasteiger partial charge is 0.295 e. The molecule has 0 N–H and O–H groups in total. The number of benzene rings is 1. The van der Waals surface area contributed by atoms with Crippen molar-refractivity contribution in [2.75, 3.05) is 0 Å². The first-order chi connectivity index (χ1) is 4.30. The van der Waals surface area contributed by atoms with Crippen LogP contribution in [0.1, 0.15) is 0 Å². The molecule has 0 unspecified atom stereocenters. The van der Waals surface area contributed by atoms with Crippen LogP contribution < -0.4 is 0 Å². The zero-order valence-electron chi connectivity index (χ0n) is 5.84. The van der Waals surface area contributed by atoms with E-state index in [9.17, 15) is 0 Å². The Hall–Kier alpha value is 0.947. The first kappa shape index (κ1) is 14.5. The minimum absolute atomic E-state index is 0. The summed E-state index contributed by atoms with van der Waals surface area (Å²) in [5.74, 6) is 0. The number of hydrogen-bond acceptors (Lipinski definition) is 0. The van der Waals surface area contributed by atoms with E-state index in [1.807, 2.05) is 30.3 Å². The van der Waals surface area contributed by atoms with E-state index in [0.29, 0.717) is 0 Å². The zero-order valence-corrected chi connectivity index (χ0v) is 11.2. The smallest absolute Gasteiger partial charge is 0.0943 e. The van der Waals surface area contributed by atoms with Crippen molar-refractivity contribution in [3.05, 3.63) is 42.8 Å². The maximum Gasteiger partial charge on any atom is 0.0943 e. The Balaban J connectivity index is 0. The van der Waals surface area contributed by atoms with E-state index < -0.39 is 0 Å². The Morgan fingerprint density at radius 3 is 1.64 bits per heavy atom. The van der Waals surface area contributed by atoms with Gasteiger partial charge in [0.1, 0.15) is 0 Å². The first-order valence-electron chi connectivity index (χ1n) is 2.69. The van der Waals surface area contributed by atoms with Crippen molar-refractivity contribution in [1.82, 2.24) is 0 Å². The minimum atomic E-state index is -0.0790. The molecule has 0 saturated carbocycles. The third kappa shape index (κ3) is 5.23. The Kier molecular flexibility index (Phi) is 9.98. The van der Waals surface area contributed by atoms with Crippen molar-refractivity contribution in [1.29, 1.82) is 0 Å². The van der Waals surface area contributed by atoms with Crippen LogP contribution in [0.15, 0.2) is 35.2 Å². The molecule has 0 radical (unpaired) electrons. The molecule has 0 bridgehead atoms. The summed E-state index contributed by atoms with van der Waals surface area (Å²) in [7, 11) is -0.0790. The number of rotatable bonds is 1. The summed E-state index contributed by atoms with van der Waals surface area (Å²) in [5.41, 5.74) is 0. The normalized spacial score (nSPS) is 8.27. The maximum absolute atomic E-state index is 3.83. The van der Waals surface area contributed by atoms with E-state index >= 15 is 0 Å². The van der Waals surface area contributed by atoms with Crippen LogP contribution in [0.5, 0.6) is 0 Å². The van der Waals surface area contributed by atoms with Crippen LogP contribution in [0.2, 0.25) is 0 Å². The van der Waals surface area contributed by atoms with Gasteiger partial charge in [-0.25, -0.2) is 0 Å². The van der Waals surface area contributed by atoms with Gasteiger partial charge in [0, 0.05) is 42.1 Å². The van der Waals surface area contributed by atoms with Gasteiger partial charge in [-0.15, -0.1) is 12.5 Å². The number of hydrogen-bond donors (Lipinski definition) is 0. The third-order valence-electron chi connectivity index (χ3n) is 1.08. The van der Waals surface area contributed by atoms with Crippen LogP contribution in [0.4, 0.5) is 0 Å². The van der Waals surface area contributed by atoms with Crippen LogP contribution >= 0.6 is 0 Å². The van der Waals surface area contributed by atoms with Crippen LogP contribution in [0.25, 0.3) is 0 Å².